The Kier molecular flexibility index (Phi) is 15.2. The molecule has 25 heavy (non-hydrogen) atoms. The largest absolute Gasteiger partial charge is 0.478 e. The van der Waals surface area contributed by atoms with Gasteiger partial charge in [-0.2, -0.15) is 0 Å². The first-order chi connectivity index (χ1) is 11.7. The first-order valence-corrected chi connectivity index (χ1v) is 7.11. The predicted octanol–water partition coefficient (Wildman–Crippen LogP) is -0.768. The van der Waals surface area contributed by atoms with Crippen LogP contribution in [0.5, 0.6) is 0 Å². The van der Waals surface area contributed by atoms with Crippen LogP contribution in [0.1, 0.15) is 12.5 Å². The van der Waals surface area contributed by atoms with Crippen molar-refractivity contribution < 1.29 is 40.2 Å². The zero-order valence-corrected chi connectivity index (χ0v) is 13.8. The average molecular weight is 356 g/mol. The van der Waals surface area contributed by atoms with E-state index in [1.807, 2.05) is 30.3 Å². The number of hydrogen-bond acceptors (Lipinski definition) is 7. The number of carboxylic acid groups (broad SMARTS) is 1. The molecule has 0 aliphatic rings. The molecule has 6 N–H and O–H groups in total. The van der Waals surface area contributed by atoms with Crippen molar-refractivity contribution in [2.45, 2.75) is 25.2 Å². The van der Waals surface area contributed by atoms with Crippen LogP contribution in [0.25, 0.3) is 6.08 Å². The SMILES string of the molecule is C=C(C)C(=O)O.O=C=Cc1ccccc1.OCC(O)C(O)C(O)CO. The maximum absolute atomic E-state index is 9.79. The molecule has 1 aromatic carbocycles. The fourth-order valence-corrected chi connectivity index (χ4v) is 1.09. The molecule has 0 saturated heterocycles. The number of aliphatic carboxylic acids is 1. The molecule has 0 amide bonds. The van der Waals surface area contributed by atoms with Gasteiger partial charge in [-0.3, -0.25) is 0 Å². The van der Waals surface area contributed by atoms with Gasteiger partial charge >= 0.3 is 5.97 Å². The molecule has 0 saturated carbocycles. The van der Waals surface area contributed by atoms with Crippen molar-refractivity contribution in [1.82, 2.24) is 0 Å². The van der Waals surface area contributed by atoms with Crippen molar-refractivity contribution in [3.05, 3.63) is 48.0 Å². The van der Waals surface area contributed by atoms with Gasteiger partial charge in [-0.25, -0.2) is 9.59 Å². The fourth-order valence-electron chi connectivity index (χ4n) is 1.09. The van der Waals surface area contributed by atoms with Crippen LogP contribution in [-0.4, -0.2) is 74.1 Å². The second-order valence-electron chi connectivity index (χ2n) is 4.75. The van der Waals surface area contributed by atoms with Crippen molar-refractivity contribution in [2.75, 3.05) is 13.2 Å². The van der Waals surface area contributed by atoms with Crippen molar-refractivity contribution in [1.29, 1.82) is 0 Å². The third-order valence-corrected chi connectivity index (χ3v) is 2.55. The molecule has 0 spiro atoms. The minimum absolute atomic E-state index is 0.176. The van der Waals surface area contributed by atoms with Gasteiger partial charge in [0, 0.05) is 11.6 Å². The zero-order chi connectivity index (χ0) is 19.8. The Morgan fingerprint density at radius 2 is 1.52 bits per heavy atom. The van der Waals surface area contributed by atoms with E-state index in [1.165, 1.54) is 13.0 Å². The molecule has 0 aliphatic carbocycles. The van der Waals surface area contributed by atoms with Crippen LogP contribution < -0.4 is 0 Å². The summed E-state index contributed by atoms with van der Waals surface area (Å²) in [7, 11) is 0. The van der Waals surface area contributed by atoms with E-state index in [2.05, 4.69) is 6.58 Å². The number of rotatable bonds is 6. The van der Waals surface area contributed by atoms with E-state index in [0.717, 1.165) is 5.56 Å². The number of carboxylic acids is 1. The summed E-state index contributed by atoms with van der Waals surface area (Å²) in [5.41, 5.74) is 1.07. The van der Waals surface area contributed by atoms with Crippen LogP contribution in [-0.2, 0) is 9.59 Å². The third kappa shape index (κ3) is 13.8. The van der Waals surface area contributed by atoms with Gasteiger partial charge in [0.15, 0.2) is 0 Å². The fraction of sp³-hybridized carbons (Fsp3) is 0.353. The lowest BCUT2D eigenvalue weighted by Crippen LogP contribution is -2.41. The Balaban J connectivity index is 0. The van der Waals surface area contributed by atoms with E-state index < -0.39 is 37.5 Å². The van der Waals surface area contributed by atoms with Gasteiger partial charge in [-0.1, -0.05) is 36.9 Å². The van der Waals surface area contributed by atoms with E-state index in [1.54, 1.807) is 5.94 Å². The van der Waals surface area contributed by atoms with E-state index in [-0.39, 0.29) is 5.57 Å². The summed E-state index contributed by atoms with van der Waals surface area (Å²) >= 11 is 0. The lowest BCUT2D eigenvalue weighted by atomic mass is 10.1. The van der Waals surface area contributed by atoms with E-state index >= 15 is 0 Å². The molecule has 1 rings (SSSR count). The number of hydrogen-bond donors (Lipinski definition) is 6. The highest BCUT2D eigenvalue weighted by atomic mass is 16.4. The minimum atomic E-state index is -1.49. The highest BCUT2D eigenvalue weighted by Gasteiger charge is 2.22. The normalized spacial score (nSPS) is 12.7. The molecule has 2 atom stereocenters. The topological polar surface area (TPSA) is 156 Å². The molecule has 0 aliphatic heterocycles. The average Bonchev–Trinajstić information content (AvgIpc) is 2.61. The summed E-state index contributed by atoms with van der Waals surface area (Å²) in [4.78, 5) is 19.4. The van der Waals surface area contributed by atoms with Gasteiger partial charge in [-0.05, 0) is 12.5 Å². The molecular weight excluding hydrogens is 332 g/mol. The van der Waals surface area contributed by atoms with Gasteiger partial charge in [0.1, 0.15) is 24.3 Å². The number of carbonyl (C=O) groups excluding carboxylic acids is 1. The Hall–Kier alpha value is -2.32. The molecule has 0 heterocycles. The van der Waals surface area contributed by atoms with Gasteiger partial charge in [0.25, 0.3) is 0 Å². The molecule has 1 aromatic rings. The molecule has 8 heteroatoms. The van der Waals surface area contributed by atoms with Gasteiger partial charge < -0.3 is 30.6 Å². The summed E-state index contributed by atoms with van der Waals surface area (Å²) in [5, 5.41) is 50.5. The maximum atomic E-state index is 9.79. The smallest absolute Gasteiger partial charge is 0.330 e. The molecule has 0 fully saturated rings. The van der Waals surface area contributed by atoms with Crippen LogP contribution in [0.4, 0.5) is 0 Å². The summed E-state index contributed by atoms with van der Waals surface area (Å²) in [5.74, 6) is 0.774. The Labute approximate surface area is 145 Å². The first-order valence-electron chi connectivity index (χ1n) is 7.11. The number of aliphatic hydroxyl groups is 5. The molecule has 0 radical (unpaired) electrons. The molecule has 0 bridgehead atoms. The van der Waals surface area contributed by atoms with Crippen LogP contribution in [0, 0.1) is 0 Å². The molecular formula is C17H24O8. The summed E-state index contributed by atoms with van der Waals surface area (Å²) < 4.78 is 0. The zero-order valence-electron chi connectivity index (χ0n) is 13.8. The van der Waals surface area contributed by atoms with Crippen molar-refractivity contribution in [2.24, 2.45) is 0 Å². The number of aliphatic hydroxyl groups excluding tert-OH is 5. The van der Waals surface area contributed by atoms with Crippen molar-refractivity contribution >= 4 is 18.0 Å². The van der Waals surface area contributed by atoms with Crippen LogP contribution in [0.15, 0.2) is 42.5 Å². The Morgan fingerprint density at radius 3 is 1.80 bits per heavy atom. The maximum Gasteiger partial charge on any atom is 0.330 e. The quantitative estimate of drug-likeness (QED) is 0.287. The van der Waals surface area contributed by atoms with Gasteiger partial charge in [-0.15, -0.1) is 0 Å². The Morgan fingerprint density at radius 1 is 1.12 bits per heavy atom. The highest BCUT2D eigenvalue weighted by molar-refractivity contribution is 5.84. The molecule has 8 nitrogen and oxygen atoms in total. The van der Waals surface area contributed by atoms with Crippen molar-refractivity contribution in [3.63, 3.8) is 0 Å². The molecule has 2 unspecified atom stereocenters. The summed E-state index contributed by atoms with van der Waals surface area (Å²) in [6.45, 7) is 3.32. The van der Waals surface area contributed by atoms with Gasteiger partial charge in [0.05, 0.1) is 13.2 Å². The highest BCUT2D eigenvalue weighted by Crippen LogP contribution is 1.98. The van der Waals surface area contributed by atoms with Gasteiger partial charge in [0.2, 0.25) is 0 Å². The van der Waals surface area contributed by atoms with E-state index in [4.69, 9.17) is 30.6 Å². The first kappa shape index (κ1) is 24.9. The summed E-state index contributed by atoms with van der Waals surface area (Å²) in [6.07, 6.45) is -2.89. The number of carbonyl (C=O) groups is 1. The summed E-state index contributed by atoms with van der Waals surface area (Å²) in [6, 6.07) is 9.37. The lowest BCUT2D eigenvalue weighted by molar-refractivity contribution is -0.132. The minimum Gasteiger partial charge on any atom is -0.478 e. The molecule has 140 valence electrons. The van der Waals surface area contributed by atoms with Crippen LogP contribution >= 0.6 is 0 Å². The molecule has 0 aromatic heterocycles. The van der Waals surface area contributed by atoms with E-state index in [9.17, 15) is 9.59 Å². The number of benzene rings is 1. The monoisotopic (exact) mass is 356 g/mol. The lowest BCUT2D eigenvalue weighted by Gasteiger charge is -2.19. The van der Waals surface area contributed by atoms with E-state index in [0.29, 0.717) is 0 Å². The second kappa shape index (κ2) is 15.2. The van der Waals surface area contributed by atoms with Crippen LogP contribution in [0.2, 0.25) is 0 Å². The second-order valence-corrected chi connectivity index (χ2v) is 4.75. The van der Waals surface area contributed by atoms with Crippen LogP contribution in [0.3, 0.4) is 0 Å². The Bertz CT molecular complexity index is 515. The third-order valence-electron chi connectivity index (χ3n) is 2.55. The van der Waals surface area contributed by atoms with Crippen molar-refractivity contribution in [3.8, 4) is 0 Å². The standard InChI is InChI=1S/C8H6O.C5H12O5.C4H6O2/c9-7-6-8-4-2-1-3-5-8;6-1-3(8)5(10)4(9)2-7;1-3(2)4(5)6/h1-6H;3-10H,1-2H2;1H2,2H3,(H,5,6). The predicted molar refractivity (Wildman–Crippen MR) is 91.2 cm³/mol.